The molecule has 0 bridgehead atoms. The van der Waals surface area contributed by atoms with Gasteiger partial charge < -0.3 is 10.2 Å². The minimum Gasteiger partial charge on any atom is -0.326 e. The molecule has 2 aromatic rings. The Kier molecular flexibility index (Phi) is 6.77. The molecule has 30 heavy (non-hydrogen) atoms. The molecule has 160 valence electrons. The smallest absolute Gasteiger partial charge is 0.261 e. The van der Waals surface area contributed by atoms with Crippen LogP contribution >= 0.6 is 0 Å². The van der Waals surface area contributed by atoms with Crippen LogP contribution in [-0.4, -0.2) is 26.8 Å². The van der Waals surface area contributed by atoms with Gasteiger partial charge in [0.15, 0.2) is 0 Å². The number of rotatable bonds is 8. The zero-order chi connectivity index (χ0) is 21.7. The van der Waals surface area contributed by atoms with Gasteiger partial charge in [-0.2, -0.15) is 0 Å². The van der Waals surface area contributed by atoms with Crippen LogP contribution < -0.4 is 14.9 Å². The molecule has 8 heteroatoms. The maximum absolute atomic E-state index is 12.8. The van der Waals surface area contributed by atoms with Crippen molar-refractivity contribution in [2.75, 3.05) is 21.5 Å². The highest BCUT2D eigenvalue weighted by Crippen LogP contribution is 2.31. The molecular weight excluding hydrogens is 402 g/mol. The van der Waals surface area contributed by atoms with Gasteiger partial charge in [0, 0.05) is 36.4 Å². The van der Waals surface area contributed by atoms with E-state index in [0.717, 1.165) is 24.1 Å². The van der Waals surface area contributed by atoms with Gasteiger partial charge in [-0.05, 0) is 60.9 Å². The molecule has 3 rings (SSSR count). The van der Waals surface area contributed by atoms with E-state index >= 15 is 0 Å². The van der Waals surface area contributed by atoms with E-state index in [9.17, 15) is 18.0 Å². The molecule has 0 atom stereocenters. The van der Waals surface area contributed by atoms with Crippen LogP contribution in [0.25, 0.3) is 0 Å². The summed E-state index contributed by atoms with van der Waals surface area (Å²) in [6.45, 7) is 4.50. The van der Waals surface area contributed by atoms with Crippen molar-refractivity contribution < 1.29 is 18.0 Å². The predicted molar refractivity (Wildman–Crippen MR) is 118 cm³/mol. The lowest BCUT2D eigenvalue weighted by Crippen LogP contribution is -2.35. The second-order valence-corrected chi connectivity index (χ2v) is 8.96. The molecule has 1 heterocycles. The van der Waals surface area contributed by atoms with E-state index in [1.54, 1.807) is 36.1 Å². The van der Waals surface area contributed by atoms with Crippen LogP contribution in [0.5, 0.6) is 0 Å². The Balaban J connectivity index is 1.77. The van der Waals surface area contributed by atoms with Crippen LogP contribution in [0.3, 0.4) is 0 Å². The number of anilines is 3. The number of hydrogen-bond acceptors (Lipinski definition) is 4. The fraction of sp³-hybridized carbons (Fsp3) is 0.364. The van der Waals surface area contributed by atoms with E-state index in [-0.39, 0.29) is 16.7 Å². The third kappa shape index (κ3) is 4.99. The van der Waals surface area contributed by atoms with Gasteiger partial charge in [-0.15, -0.1) is 0 Å². The number of fused-ring (bicyclic) bond motifs is 1. The van der Waals surface area contributed by atoms with Crippen LogP contribution in [-0.2, 0) is 26.0 Å². The minimum absolute atomic E-state index is 0.106. The van der Waals surface area contributed by atoms with Gasteiger partial charge in [0.25, 0.3) is 10.0 Å². The van der Waals surface area contributed by atoms with Crippen molar-refractivity contribution >= 4 is 38.9 Å². The van der Waals surface area contributed by atoms with Crippen molar-refractivity contribution in [3.05, 3.63) is 48.0 Å². The highest BCUT2D eigenvalue weighted by molar-refractivity contribution is 7.92. The topological polar surface area (TPSA) is 95.6 Å². The van der Waals surface area contributed by atoms with Crippen molar-refractivity contribution in [3.63, 3.8) is 0 Å². The van der Waals surface area contributed by atoms with Crippen molar-refractivity contribution in [1.82, 2.24) is 0 Å². The lowest BCUT2D eigenvalue weighted by atomic mass is 10.00. The van der Waals surface area contributed by atoms with Crippen molar-refractivity contribution in [1.29, 1.82) is 0 Å². The Morgan fingerprint density at radius 1 is 1.03 bits per heavy atom. The number of sulfonamides is 1. The van der Waals surface area contributed by atoms with Crippen LogP contribution in [0.2, 0.25) is 0 Å². The number of nitrogens with zero attached hydrogens (tertiary/aromatic N) is 1. The summed E-state index contributed by atoms with van der Waals surface area (Å²) in [6, 6.07) is 11.3. The van der Waals surface area contributed by atoms with Crippen LogP contribution in [0.1, 0.15) is 45.1 Å². The molecule has 0 saturated carbocycles. The molecule has 0 radical (unpaired) electrons. The Morgan fingerprint density at radius 2 is 1.73 bits per heavy atom. The summed E-state index contributed by atoms with van der Waals surface area (Å²) in [6.07, 6.45) is 3.30. The van der Waals surface area contributed by atoms with E-state index in [4.69, 9.17) is 0 Å². The number of hydrogen-bond donors (Lipinski definition) is 2. The molecule has 7 nitrogen and oxygen atoms in total. The molecule has 0 aromatic heterocycles. The second-order valence-electron chi connectivity index (χ2n) is 7.27. The molecule has 2 N–H and O–H groups in total. The number of unbranched alkanes of at least 4 members (excludes halogenated alkanes) is 1. The molecule has 1 aliphatic heterocycles. The molecule has 0 saturated heterocycles. The Morgan fingerprint density at radius 3 is 2.40 bits per heavy atom. The van der Waals surface area contributed by atoms with Crippen molar-refractivity contribution in [2.24, 2.45) is 0 Å². The average Bonchev–Trinajstić information content (AvgIpc) is 2.73. The summed E-state index contributed by atoms with van der Waals surface area (Å²) in [5.74, 6) is -0.0243. The molecule has 0 fully saturated rings. The first-order valence-corrected chi connectivity index (χ1v) is 11.7. The van der Waals surface area contributed by atoms with Crippen molar-refractivity contribution in [3.8, 4) is 0 Å². The Labute approximate surface area is 177 Å². The fourth-order valence-corrected chi connectivity index (χ4v) is 4.42. The normalized spacial score (nSPS) is 13.7. The van der Waals surface area contributed by atoms with E-state index < -0.39 is 10.0 Å². The van der Waals surface area contributed by atoms with E-state index in [1.807, 2.05) is 6.07 Å². The summed E-state index contributed by atoms with van der Waals surface area (Å²) in [5.41, 5.74) is 2.83. The first-order valence-electron chi connectivity index (χ1n) is 10.2. The lowest BCUT2D eigenvalue weighted by molar-refractivity contribution is -0.119. The van der Waals surface area contributed by atoms with Gasteiger partial charge in [-0.25, -0.2) is 8.42 Å². The number of carbonyl (C=O) groups is 2. The second kappa shape index (κ2) is 9.30. The maximum Gasteiger partial charge on any atom is 0.261 e. The van der Waals surface area contributed by atoms with Crippen LogP contribution in [0.15, 0.2) is 47.4 Å². The SMILES string of the molecule is CCCCN1C(=O)CCc2cc(NS(=O)(=O)c3ccc(NC(=O)CC)cc3)ccc21. The third-order valence-electron chi connectivity index (χ3n) is 5.04. The van der Waals surface area contributed by atoms with Crippen LogP contribution in [0.4, 0.5) is 17.1 Å². The van der Waals surface area contributed by atoms with Crippen LogP contribution in [0, 0.1) is 0 Å². The molecule has 0 unspecified atom stereocenters. The monoisotopic (exact) mass is 429 g/mol. The average molecular weight is 430 g/mol. The quantitative estimate of drug-likeness (QED) is 0.665. The van der Waals surface area contributed by atoms with Gasteiger partial charge >= 0.3 is 0 Å². The Bertz CT molecular complexity index is 1030. The fourth-order valence-electron chi connectivity index (χ4n) is 3.37. The standard InChI is InChI=1S/C22H27N3O4S/c1-3-5-14-25-20-12-9-18(15-16(20)6-13-22(25)27)24-30(28,29)19-10-7-17(8-11-19)23-21(26)4-2/h7-12,15,24H,3-6,13-14H2,1-2H3,(H,23,26). The summed E-state index contributed by atoms with van der Waals surface area (Å²) in [4.78, 5) is 25.6. The van der Waals surface area contributed by atoms with E-state index in [1.165, 1.54) is 12.1 Å². The van der Waals surface area contributed by atoms with E-state index in [2.05, 4.69) is 17.0 Å². The Hall–Kier alpha value is -2.87. The molecule has 1 aliphatic rings. The first kappa shape index (κ1) is 21.8. The van der Waals surface area contributed by atoms with E-state index in [0.29, 0.717) is 37.2 Å². The summed E-state index contributed by atoms with van der Waals surface area (Å²) < 4.78 is 28.1. The first-order chi connectivity index (χ1) is 14.3. The maximum atomic E-state index is 12.8. The summed E-state index contributed by atoms with van der Waals surface area (Å²) >= 11 is 0. The number of nitrogens with one attached hydrogen (secondary N) is 2. The van der Waals surface area contributed by atoms with Gasteiger partial charge in [0.2, 0.25) is 11.8 Å². The molecule has 0 spiro atoms. The molecule has 0 aliphatic carbocycles. The number of carbonyl (C=O) groups excluding carboxylic acids is 2. The largest absolute Gasteiger partial charge is 0.326 e. The van der Waals surface area contributed by atoms with Gasteiger partial charge in [-0.1, -0.05) is 20.3 Å². The summed E-state index contributed by atoms with van der Waals surface area (Å²) in [5, 5.41) is 2.69. The predicted octanol–water partition coefficient (Wildman–Crippen LogP) is 3.92. The minimum atomic E-state index is -3.77. The third-order valence-corrected chi connectivity index (χ3v) is 6.43. The number of amides is 2. The van der Waals surface area contributed by atoms with Crippen molar-refractivity contribution in [2.45, 2.75) is 50.8 Å². The molecule has 2 aromatic carbocycles. The lowest BCUT2D eigenvalue weighted by Gasteiger charge is -2.29. The number of aryl methyl sites for hydroxylation is 1. The summed E-state index contributed by atoms with van der Waals surface area (Å²) in [7, 11) is -3.77. The zero-order valence-electron chi connectivity index (χ0n) is 17.3. The molecular formula is C22H27N3O4S. The van der Waals surface area contributed by atoms with Gasteiger partial charge in [-0.3, -0.25) is 14.3 Å². The molecule has 2 amide bonds. The highest BCUT2D eigenvalue weighted by Gasteiger charge is 2.24. The van der Waals surface area contributed by atoms with Gasteiger partial charge in [0.1, 0.15) is 0 Å². The number of benzene rings is 2. The zero-order valence-corrected chi connectivity index (χ0v) is 18.1. The highest BCUT2D eigenvalue weighted by atomic mass is 32.2. The van der Waals surface area contributed by atoms with Gasteiger partial charge in [0.05, 0.1) is 4.90 Å².